The average molecular weight is 230 g/mol. The number of hydrogen-bond donors (Lipinski definition) is 0. The lowest BCUT2D eigenvalue weighted by molar-refractivity contribution is -0.0258. The van der Waals surface area contributed by atoms with Crippen molar-refractivity contribution in [2.75, 3.05) is 6.61 Å². The van der Waals surface area contributed by atoms with Gasteiger partial charge in [0.15, 0.2) is 6.61 Å². The molecule has 0 aliphatic carbocycles. The Morgan fingerprint density at radius 1 is 1.50 bits per heavy atom. The van der Waals surface area contributed by atoms with E-state index in [1.165, 1.54) is 12.1 Å². The smallest absolute Gasteiger partial charge is 0.338 e. The van der Waals surface area contributed by atoms with Gasteiger partial charge in [-0.3, -0.25) is 0 Å². The maximum atomic E-state index is 12.7. The third-order valence-electron chi connectivity index (χ3n) is 1.75. The molecule has 0 radical (unpaired) electrons. The normalized spacial score (nSPS) is 10.9. The molecule has 0 saturated heterocycles. The molecule has 0 spiro atoms. The predicted molar refractivity (Wildman–Crippen MR) is 51.8 cm³/mol. The molecule has 0 aromatic heterocycles. The number of benzene rings is 1. The molecule has 1 aromatic carbocycles. The van der Waals surface area contributed by atoms with Gasteiger partial charge in [0.2, 0.25) is 0 Å². The first-order valence-corrected chi connectivity index (χ1v) is 4.39. The second-order valence-corrected chi connectivity index (χ2v) is 3.05. The molecular weight excluding hydrogens is 221 g/mol. The van der Waals surface area contributed by atoms with Crippen LogP contribution in [0, 0.1) is 5.82 Å². The van der Waals surface area contributed by atoms with Crippen LogP contribution in [0.3, 0.4) is 0 Å². The fraction of sp³-hybridized carbons (Fsp3) is 0.182. The standard InChI is InChI=1S/C11H9F3O2/c1-2-11(13,14)7-16-10(15)8-4-3-5-9(12)6-8/h2-6H,1,7H2. The number of carbonyl (C=O) groups excluding carboxylic acids is 1. The zero-order chi connectivity index (χ0) is 12.2. The molecule has 0 fully saturated rings. The Morgan fingerprint density at radius 3 is 2.75 bits per heavy atom. The van der Waals surface area contributed by atoms with Gasteiger partial charge < -0.3 is 4.74 Å². The maximum absolute atomic E-state index is 12.7. The predicted octanol–water partition coefficient (Wildman–Crippen LogP) is 2.80. The minimum Gasteiger partial charge on any atom is -0.455 e. The monoisotopic (exact) mass is 230 g/mol. The third kappa shape index (κ3) is 3.42. The summed E-state index contributed by atoms with van der Waals surface area (Å²) in [5, 5.41) is 0. The average Bonchev–Trinajstić information content (AvgIpc) is 2.26. The second kappa shape index (κ2) is 4.83. The Hall–Kier alpha value is -1.78. The van der Waals surface area contributed by atoms with Gasteiger partial charge in [-0.25, -0.2) is 9.18 Å². The highest BCUT2D eigenvalue weighted by Crippen LogP contribution is 2.15. The van der Waals surface area contributed by atoms with Crippen molar-refractivity contribution in [3.63, 3.8) is 0 Å². The van der Waals surface area contributed by atoms with Crippen molar-refractivity contribution in [1.82, 2.24) is 0 Å². The first-order chi connectivity index (χ1) is 7.44. The Balaban J connectivity index is 2.63. The largest absolute Gasteiger partial charge is 0.455 e. The molecule has 0 heterocycles. The Labute approximate surface area is 90.3 Å². The Morgan fingerprint density at radius 2 is 2.19 bits per heavy atom. The summed E-state index contributed by atoms with van der Waals surface area (Å²) in [4.78, 5) is 11.2. The maximum Gasteiger partial charge on any atom is 0.338 e. The summed E-state index contributed by atoms with van der Waals surface area (Å²) in [6, 6.07) is 4.61. The number of esters is 1. The van der Waals surface area contributed by atoms with E-state index in [1.54, 1.807) is 0 Å². The van der Waals surface area contributed by atoms with Crippen LogP contribution in [0.2, 0.25) is 0 Å². The zero-order valence-electron chi connectivity index (χ0n) is 8.25. The summed E-state index contributed by atoms with van der Waals surface area (Å²) in [7, 11) is 0. The van der Waals surface area contributed by atoms with Crippen LogP contribution in [0.25, 0.3) is 0 Å². The molecule has 1 rings (SSSR count). The van der Waals surface area contributed by atoms with Gasteiger partial charge in [0.05, 0.1) is 5.56 Å². The lowest BCUT2D eigenvalue weighted by atomic mass is 10.2. The fourth-order valence-corrected chi connectivity index (χ4v) is 0.919. The van der Waals surface area contributed by atoms with Crippen LogP contribution >= 0.6 is 0 Å². The van der Waals surface area contributed by atoms with Crippen LogP contribution < -0.4 is 0 Å². The van der Waals surface area contributed by atoms with Gasteiger partial charge in [-0.2, -0.15) is 8.78 Å². The van der Waals surface area contributed by atoms with E-state index in [9.17, 15) is 18.0 Å². The van der Waals surface area contributed by atoms with E-state index < -0.39 is 24.3 Å². The summed E-state index contributed by atoms with van der Waals surface area (Å²) in [5.74, 6) is -4.91. The van der Waals surface area contributed by atoms with Crippen molar-refractivity contribution in [2.45, 2.75) is 5.92 Å². The second-order valence-electron chi connectivity index (χ2n) is 3.05. The minimum absolute atomic E-state index is 0.111. The van der Waals surface area contributed by atoms with Crippen LogP contribution in [0.5, 0.6) is 0 Å². The number of hydrogen-bond acceptors (Lipinski definition) is 2. The molecule has 0 saturated carbocycles. The van der Waals surface area contributed by atoms with Gasteiger partial charge >= 0.3 is 5.97 Å². The lowest BCUT2D eigenvalue weighted by Gasteiger charge is -2.11. The zero-order valence-corrected chi connectivity index (χ0v) is 8.25. The lowest BCUT2D eigenvalue weighted by Crippen LogP contribution is -2.23. The van der Waals surface area contributed by atoms with Gasteiger partial charge in [0, 0.05) is 0 Å². The molecule has 2 nitrogen and oxygen atoms in total. The van der Waals surface area contributed by atoms with Crippen molar-refractivity contribution in [3.05, 3.63) is 48.3 Å². The Bertz CT molecular complexity index is 402. The summed E-state index contributed by atoms with van der Waals surface area (Å²) < 4.78 is 42.3. The number of alkyl halides is 2. The first kappa shape index (κ1) is 12.3. The van der Waals surface area contributed by atoms with Crippen LogP contribution in [-0.4, -0.2) is 18.5 Å². The highest BCUT2D eigenvalue weighted by atomic mass is 19.3. The number of rotatable bonds is 4. The molecule has 0 amide bonds. The van der Waals surface area contributed by atoms with Gasteiger partial charge in [-0.05, 0) is 24.3 Å². The Kier molecular flexibility index (Phi) is 3.71. The fourth-order valence-electron chi connectivity index (χ4n) is 0.919. The quantitative estimate of drug-likeness (QED) is 0.587. The SMILES string of the molecule is C=CC(F)(F)COC(=O)c1cccc(F)c1. The molecule has 0 unspecified atom stereocenters. The number of halogens is 3. The van der Waals surface area contributed by atoms with E-state index in [2.05, 4.69) is 11.3 Å². The highest BCUT2D eigenvalue weighted by molar-refractivity contribution is 5.89. The molecule has 0 bridgehead atoms. The van der Waals surface area contributed by atoms with Crippen molar-refractivity contribution < 1.29 is 22.7 Å². The third-order valence-corrected chi connectivity index (χ3v) is 1.75. The van der Waals surface area contributed by atoms with Crippen LogP contribution in [0.4, 0.5) is 13.2 Å². The highest BCUT2D eigenvalue weighted by Gasteiger charge is 2.26. The molecular formula is C11H9F3O2. The molecule has 0 N–H and O–H groups in total. The van der Waals surface area contributed by atoms with Crippen LogP contribution in [0.1, 0.15) is 10.4 Å². The molecule has 5 heteroatoms. The summed E-state index contributed by atoms with van der Waals surface area (Å²) in [5.41, 5.74) is -0.111. The topological polar surface area (TPSA) is 26.3 Å². The van der Waals surface area contributed by atoms with Crippen molar-refractivity contribution in [1.29, 1.82) is 0 Å². The minimum atomic E-state index is -3.27. The van der Waals surface area contributed by atoms with Crippen molar-refractivity contribution in [2.24, 2.45) is 0 Å². The first-order valence-electron chi connectivity index (χ1n) is 4.39. The number of carbonyl (C=O) groups is 1. The van der Waals surface area contributed by atoms with E-state index in [1.807, 2.05) is 0 Å². The van der Waals surface area contributed by atoms with Crippen LogP contribution in [0.15, 0.2) is 36.9 Å². The summed E-state index contributed by atoms with van der Waals surface area (Å²) in [6.45, 7) is 1.79. The molecule has 16 heavy (non-hydrogen) atoms. The molecule has 86 valence electrons. The molecule has 1 aromatic rings. The molecule has 0 aliphatic heterocycles. The van der Waals surface area contributed by atoms with E-state index >= 15 is 0 Å². The number of ether oxygens (including phenoxy) is 1. The summed E-state index contributed by atoms with van der Waals surface area (Å²) >= 11 is 0. The van der Waals surface area contributed by atoms with E-state index in [-0.39, 0.29) is 5.56 Å². The van der Waals surface area contributed by atoms with Gasteiger partial charge in [-0.1, -0.05) is 12.6 Å². The van der Waals surface area contributed by atoms with Gasteiger partial charge in [-0.15, -0.1) is 0 Å². The van der Waals surface area contributed by atoms with Crippen molar-refractivity contribution in [3.8, 4) is 0 Å². The van der Waals surface area contributed by atoms with Gasteiger partial charge in [0.1, 0.15) is 5.82 Å². The molecule has 0 aliphatic rings. The van der Waals surface area contributed by atoms with Crippen LogP contribution in [-0.2, 0) is 4.74 Å². The van der Waals surface area contributed by atoms with E-state index in [0.717, 1.165) is 12.1 Å². The van der Waals surface area contributed by atoms with E-state index in [4.69, 9.17) is 0 Å². The van der Waals surface area contributed by atoms with E-state index in [0.29, 0.717) is 6.08 Å². The van der Waals surface area contributed by atoms with Gasteiger partial charge in [0.25, 0.3) is 5.92 Å². The molecule has 0 atom stereocenters. The van der Waals surface area contributed by atoms with Crippen molar-refractivity contribution >= 4 is 5.97 Å². The summed E-state index contributed by atoms with van der Waals surface area (Å²) in [6.07, 6.45) is 0.381.